The largest absolute Gasteiger partial charge is 0.375 e. The van der Waals surface area contributed by atoms with Crippen molar-refractivity contribution < 1.29 is 4.79 Å². The Kier molecular flexibility index (Phi) is 7.06. The summed E-state index contributed by atoms with van der Waals surface area (Å²) in [6, 6.07) is 12.2. The molecule has 0 saturated carbocycles. The normalized spacial score (nSPS) is 10.5. The summed E-state index contributed by atoms with van der Waals surface area (Å²) in [5, 5.41) is 3.61. The second-order valence-electron chi connectivity index (χ2n) is 5.68. The average molecular weight is 344 g/mol. The molecular formula is C18H24N4OS. The number of aryl methyl sites for hydroxylation is 2. The highest BCUT2D eigenvalue weighted by Gasteiger charge is 2.06. The van der Waals surface area contributed by atoms with E-state index in [1.807, 2.05) is 38.1 Å². The van der Waals surface area contributed by atoms with Crippen LogP contribution in [0, 0.1) is 13.8 Å². The van der Waals surface area contributed by atoms with Gasteiger partial charge in [0.2, 0.25) is 5.91 Å². The third-order valence-corrected chi connectivity index (χ3v) is 4.33. The molecule has 0 spiro atoms. The number of hydrogen-bond acceptors (Lipinski definition) is 5. The van der Waals surface area contributed by atoms with E-state index in [0.717, 1.165) is 24.4 Å². The van der Waals surface area contributed by atoms with Crippen molar-refractivity contribution in [1.29, 1.82) is 0 Å². The number of aromatic nitrogens is 2. The van der Waals surface area contributed by atoms with Gasteiger partial charge < -0.3 is 10.2 Å². The van der Waals surface area contributed by atoms with Crippen molar-refractivity contribution in [1.82, 2.24) is 15.3 Å². The minimum atomic E-state index is 0.0186. The minimum absolute atomic E-state index is 0.0186. The van der Waals surface area contributed by atoms with E-state index in [2.05, 4.69) is 39.4 Å². The molecule has 6 heteroatoms. The number of thioether (sulfide) groups is 1. The zero-order chi connectivity index (χ0) is 17.4. The van der Waals surface area contributed by atoms with Crippen molar-refractivity contribution in [2.75, 3.05) is 30.8 Å². The lowest BCUT2D eigenvalue weighted by Crippen LogP contribution is -2.29. The summed E-state index contributed by atoms with van der Waals surface area (Å²) in [6.45, 7) is 5.44. The molecule has 0 aliphatic rings. The average Bonchev–Trinajstić information content (AvgIpc) is 2.56. The first-order valence-corrected chi connectivity index (χ1v) is 9.01. The van der Waals surface area contributed by atoms with Gasteiger partial charge in [-0.25, -0.2) is 9.97 Å². The van der Waals surface area contributed by atoms with Gasteiger partial charge in [0.1, 0.15) is 0 Å². The Morgan fingerprint density at radius 1 is 1.17 bits per heavy atom. The number of carbonyl (C=O) groups excluding carboxylic acids is 1. The van der Waals surface area contributed by atoms with Gasteiger partial charge in [-0.3, -0.25) is 4.79 Å². The topological polar surface area (TPSA) is 58.1 Å². The van der Waals surface area contributed by atoms with Gasteiger partial charge in [-0.15, -0.1) is 0 Å². The highest BCUT2D eigenvalue weighted by molar-refractivity contribution is 7.99. The molecule has 5 nitrogen and oxygen atoms in total. The Hall–Kier alpha value is -2.08. The molecule has 2 aromatic rings. The second-order valence-corrected chi connectivity index (χ2v) is 6.63. The number of hydrogen-bond donors (Lipinski definition) is 1. The Morgan fingerprint density at radius 3 is 2.50 bits per heavy atom. The van der Waals surface area contributed by atoms with Crippen molar-refractivity contribution in [3.05, 3.63) is 47.8 Å². The number of rotatable bonds is 8. The standard InChI is InChI=1S/C18H24N4OS/c1-14-12-15(2)21-18(20-14)24-13-17(23)19-10-7-11-22(3)16-8-5-4-6-9-16/h4-6,8-9,12H,7,10-11,13H2,1-3H3,(H,19,23). The Balaban J connectivity index is 1.64. The highest BCUT2D eigenvalue weighted by atomic mass is 32.2. The van der Waals surface area contributed by atoms with Crippen molar-refractivity contribution in [2.24, 2.45) is 0 Å². The van der Waals surface area contributed by atoms with Crippen molar-refractivity contribution in [2.45, 2.75) is 25.4 Å². The summed E-state index contributed by atoms with van der Waals surface area (Å²) in [7, 11) is 2.06. The van der Waals surface area contributed by atoms with Crippen LogP contribution in [0.3, 0.4) is 0 Å². The molecule has 0 aliphatic carbocycles. The van der Waals surface area contributed by atoms with Crippen LogP contribution in [0.15, 0.2) is 41.6 Å². The Morgan fingerprint density at radius 2 is 1.83 bits per heavy atom. The van der Waals surface area contributed by atoms with Gasteiger partial charge in [-0.1, -0.05) is 30.0 Å². The Labute approximate surface area is 147 Å². The summed E-state index contributed by atoms with van der Waals surface area (Å²) < 4.78 is 0. The first kappa shape index (κ1) is 18.3. The summed E-state index contributed by atoms with van der Waals surface area (Å²) in [5.74, 6) is 0.363. The summed E-state index contributed by atoms with van der Waals surface area (Å²) in [4.78, 5) is 22.7. The molecule has 1 heterocycles. The molecule has 0 saturated heterocycles. The molecular weight excluding hydrogens is 320 g/mol. The van der Waals surface area contributed by atoms with Crippen molar-refractivity contribution >= 4 is 23.4 Å². The zero-order valence-corrected chi connectivity index (χ0v) is 15.3. The SMILES string of the molecule is Cc1cc(C)nc(SCC(=O)NCCCN(C)c2ccccc2)n1. The predicted octanol–water partition coefficient (Wildman–Crippen LogP) is 2.83. The van der Waals surface area contributed by atoms with Crippen LogP contribution in [0.4, 0.5) is 5.69 Å². The lowest BCUT2D eigenvalue weighted by Gasteiger charge is -2.19. The van der Waals surface area contributed by atoms with E-state index in [-0.39, 0.29) is 5.91 Å². The molecule has 1 amide bonds. The van der Waals surface area contributed by atoms with Crippen LogP contribution in [0.25, 0.3) is 0 Å². The monoisotopic (exact) mass is 344 g/mol. The van der Waals surface area contributed by atoms with Gasteiger partial charge in [-0.2, -0.15) is 0 Å². The van der Waals surface area contributed by atoms with Crippen LogP contribution in [-0.2, 0) is 4.79 Å². The third kappa shape index (κ3) is 6.20. The van der Waals surface area contributed by atoms with E-state index in [1.54, 1.807) is 0 Å². The number of benzene rings is 1. The molecule has 1 aromatic carbocycles. The molecule has 0 unspecified atom stereocenters. The van der Waals surface area contributed by atoms with Gasteiger partial charge in [0.25, 0.3) is 0 Å². The van der Waals surface area contributed by atoms with Crippen LogP contribution in [-0.4, -0.2) is 41.8 Å². The molecule has 128 valence electrons. The quantitative estimate of drug-likeness (QED) is 0.453. The van der Waals surface area contributed by atoms with Crippen molar-refractivity contribution in [3.8, 4) is 0 Å². The molecule has 0 atom stereocenters. The molecule has 1 N–H and O–H groups in total. The molecule has 0 fully saturated rings. The van der Waals surface area contributed by atoms with Gasteiger partial charge in [0, 0.05) is 37.2 Å². The number of nitrogens with one attached hydrogen (secondary N) is 1. The fourth-order valence-corrected chi connectivity index (χ4v) is 3.07. The first-order valence-electron chi connectivity index (χ1n) is 8.02. The summed E-state index contributed by atoms with van der Waals surface area (Å²) in [6.07, 6.45) is 0.905. The lowest BCUT2D eigenvalue weighted by atomic mass is 10.3. The number of amides is 1. The third-order valence-electron chi connectivity index (χ3n) is 3.48. The molecule has 1 aromatic heterocycles. The molecule has 24 heavy (non-hydrogen) atoms. The molecule has 0 aliphatic heterocycles. The maximum Gasteiger partial charge on any atom is 0.230 e. The van der Waals surface area contributed by atoms with E-state index >= 15 is 0 Å². The van der Waals surface area contributed by atoms with Gasteiger partial charge in [0.05, 0.1) is 5.75 Å². The zero-order valence-electron chi connectivity index (χ0n) is 14.5. The smallest absolute Gasteiger partial charge is 0.230 e. The summed E-state index contributed by atoms with van der Waals surface area (Å²) >= 11 is 1.37. The molecule has 2 rings (SSSR count). The molecule has 0 bridgehead atoms. The summed E-state index contributed by atoms with van der Waals surface area (Å²) in [5.41, 5.74) is 3.04. The first-order chi connectivity index (χ1) is 11.5. The fourth-order valence-electron chi connectivity index (χ4n) is 2.29. The van der Waals surface area contributed by atoms with E-state index in [4.69, 9.17) is 0 Å². The predicted molar refractivity (Wildman–Crippen MR) is 99.6 cm³/mol. The van der Waals surface area contributed by atoms with E-state index < -0.39 is 0 Å². The van der Waals surface area contributed by atoms with Gasteiger partial charge >= 0.3 is 0 Å². The maximum absolute atomic E-state index is 11.9. The van der Waals surface area contributed by atoms with E-state index in [9.17, 15) is 4.79 Å². The minimum Gasteiger partial charge on any atom is -0.375 e. The molecule has 0 radical (unpaired) electrons. The van der Waals surface area contributed by atoms with Crippen molar-refractivity contribution in [3.63, 3.8) is 0 Å². The van der Waals surface area contributed by atoms with Crippen LogP contribution in [0.1, 0.15) is 17.8 Å². The van der Waals surface area contributed by atoms with E-state index in [1.165, 1.54) is 17.4 Å². The fraction of sp³-hybridized carbons (Fsp3) is 0.389. The lowest BCUT2D eigenvalue weighted by molar-refractivity contribution is -0.118. The number of para-hydroxylation sites is 1. The van der Waals surface area contributed by atoms with Crippen LogP contribution < -0.4 is 10.2 Å². The van der Waals surface area contributed by atoms with Gasteiger partial charge in [-0.05, 0) is 38.5 Å². The van der Waals surface area contributed by atoms with Gasteiger partial charge in [0.15, 0.2) is 5.16 Å². The van der Waals surface area contributed by atoms with E-state index in [0.29, 0.717) is 17.5 Å². The van der Waals surface area contributed by atoms with Crippen LogP contribution in [0.5, 0.6) is 0 Å². The maximum atomic E-state index is 11.9. The second kappa shape index (κ2) is 9.27. The van der Waals surface area contributed by atoms with Crippen LogP contribution >= 0.6 is 11.8 Å². The van der Waals surface area contributed by atoms with Crippen LogP contribution in [0.2, 0.25) is 0 Å². The Bertz CT molecular complexity index is 643. The highest BCUT2D eigenvalue weighted by Crippen LogP contribution is 2.13. The number of carbonyl (C=O) groups is 1. The number of anilines is 1. The number of nitrogens with zero attached hydrogens (tertiary/aromatic N) is 3.